The number of fused-ring (bicyclic) bond motifs is 1. The van der Waals surface area contributed by atoms with Gasteiger partial charge in [-0.1, -0.05) is 6.92 Å². The number of anilines is 1. The average molecular weight is 443 g/mol. The molecular weight excluding hydrogens is 404 g/mol. The van der Waals surface area contributed by atoms with E-state index in [0.717, 1.165) is 74.1 Å². The van der Waals surface area contributed by atoms with Gasteiger partial charge in [-0.15, -0.1) is 0 Å². The largest absolute Gasteiger partial charge is 0.362 e. The molecule has 8 nitrogen and oxygen atoms in total. The van der Waals surface area contributed by atoms with Gasteiger partial charge in [-0.25, -0.2) is 9.97 Å². The van der Waals surface area contributed by atoms with Gasteiger partial charge in [-0.3, -0.25) is 14.5 Å². The number of aromatic nitrogens is 2. The summed E-state index contributed by atoms with van der Waals surface area (Å²) >= 11 is 0. The SMILES string of the molecule is CC(=O)N1CCc2nc([C@@H]3CCCCN3C(=O)CN3CCC(C)CC3)nc(N(C)C)c2C1. The molecule has 0 bridgehead atoms. The maximum Gasteiger partial charge on any atom is 0.237 e. The Labute approximate surface area is 192 Å². The Kier molecular flexibility index (Phi) is 6.98. The fraction of sp³-hybridized carbons (Fsp3) is 0.750. The van der Waals surface area contributed by atoms with Crippen LogP contribution < -0.4 is 4.90 Å². The smallest absolute Gasteiger partial charge is 0.237 e. The lowest BCUT2D eigenvalue weighted by Gasteiger charge is -2.38. The first-order valence-electron chi connectivity index (χ1n) is 12.2. The molecule has 2 saturated heterocycles. The average Bonchev–Trinajstić information content (AvgIpc) is 2.79. The van der Waals surface area contributed by atoms with Crippen LogP contribution in [-0.4, -0.2) is 83.3 Å². The zero-order valence-electron chi connectivity index (χ0n) is 20.1. The summed E-state index contributed by atoms with van der Waals surface area (Å²) < 4.78 is 0. The Morgan fingerprint density at radius 1 is 1.03 bits per heavy atom. The second kappa shape index (κ2) is 9.73. The van der Waals surface area contributed by atoms with Crippen LogP contribution in [0.1, 0.15) is 69.1 Å². The molecule has 3 aliphatic rings. The summed E-state index contributed by atoms with van der Waals surface area (Å²) in [4.78, 5) is 43.4. The van der Waals surface area contributed by atoms with Crippen molar-refractivity contribution in [3.63, 3.8) is 0 Å². The molecule has 0 N–H and O–H groups in total. The molecule has 1 aromatic heterocycles. The number of hydrogen-bond acceptors (Lipinski definition) is 6. The fourth-order valence-corrected chi connectivity index (χ4v) is 5.20. The minimum atomic E-state index is -0.0604. The van der Waals surface area contributed by atoms with Crippen LogP contribution in [0.4, 0.5) is 5.82 Å². The van der Waals surface area contributed by atoms with E-state index in [1.807, 2.05) is 28.8 Å². The summed E-state index contributed by atoms with van der Waals surface area (Å²) in [5.41, 5.74) is 2.07. The first kappa shape index (κ1) is 23.0. The first-order chi connectivity index (χ1) is 15.3. The third-order valence-corrected chi connectivity index (χ3v) is 7.28. The van der Waals surface area contributed by atoms with Gasteiger partial charge < -0.3 is 14.7 Å². The topological polar surface area (TPSA) is 72.9 Å². The van der Waals surface area contributed by atoms with E-state index in [0.29, 0.717) is 19.6 Å². The van der Waals surface area contributed by atoms with Crippen molar-refractivity contribution in [2.45, 2.75) is 65.0 Å². The molecule has 1 aromatic rings. The van der Waals surface area contributed by atoms with E-state index in [2.05, 4.69) is 11.8 Å². The van der Waals surface area contributed by atoms with Crippen LogP contribution in [0.15, 0.2) is 0 Å². The minimum Gasteiger partial charge on any atom is -0.362 e. The lowest BCUT2D eigenvalue weighted by atomic mass is 9.98. The van der Waals surface area contributed by atoms with Crippen molar-refractivity contribution in [2.24, 2.45) is 5.92 Å². The summed E-state index contributed by atoms with van der Waals surface area (Å²) in [6.07, 6.45) is 6.12. The van der Waals surface area contributed by atoms with E-state index < -0.39 is 0 Å². The quantitative estimate of drug-likeness (QED) is 0.712. The maximum absolute atomic E-state index is 13.3. The molecule has 0 aliphatic carbocycles. The number of piperidine rings is 2. The lowest BCUT2D eigenvalue weighted by molar-refractivity contribution is -0.137. The molecule has 0 spiro atoms. The summed E-state index contributed by atoms with van der Waals surface area (Å²) in [6, 6.07) is -0.0604. The minimum absolute atomic E-state index is 0.0604. The molecule has 3 aliphatic heterocycles. The van der Waals surface area contributed by atoms with Gasteiger partial charge in [-0.2, -0.15) is 0 Å². The molecule has 8 heteroatoms. The molecule has 4 rings (SSSR count). The van der Waals surface area contributed by atoms with E-state index in [9.17, 15) is 9.59 Å². The van der Waals surface area contributed by atoms with Gasteiger partial charge in [0.05, 0.1) is 24.8 Å². The number of carbonyl (C=O) groups excluding carboxylic acids is 2. The Bertz CT molecular complexity index is 849. The predicted molar refractivity (Wildman–Crippen MR) is 124 cm³/mol. The van der Waals surface area contributed by atoms with Gasteiger partial charge >= 0.3 is 0 Å². The fourth-order valence-electron chi connectivity index (χ4n) is 5.20. The second-order valence-corrected chi connectivity index (χ2v) is 9.97. The van der Waals surface area contributed by atoms with Gasteiger partial charge in [0, 0.05) is 46.1 Å². The number of carbonyl (C=O) groups is 2. The number of likely N-dealkylation sites (tertiary alicyclic amines) is 2. The third kappa shape index (κ3) is 4.90. The highest BCUT2D eigenvalue weighted by atomic mass is 16.2. The van der Waals surface area contributed by atoms with Crippen molar-refractivity contribution in [3.05, 3.63) is 17.1 Å². The van der Waals surface area contributed by atoms with E-state index >= 15 is 0 Å². The van der Waals surface area contributed by atoms with Crippen LogP contribution >= 0.6 is 0 Å². The molecule has 4 heterocycles. The van der Waals surface area contributed by atoms with Crippen molar-refractivity contribution >= 4 is 17.6 Å². The number of hydrogen-bond donors (Lipinski definition) is 0. The molecular formula is C24H38N6O2. The Morgan fingerprint density at radius 2 is 1.78 bits per heavy atom. The Morgan fingerprint density at radius 3 is 2.47 bits per heavy atom. The number of amides is 2. The summed E-state index contributed by atoms with van der Waals surface area (Å²) in [7, 11) is 3.97. The van der Waals surface area contributed by atoms with Gasteiger partial charge in [0.15, 0.2) is 5.82 Å². The Hall–Kier alpha value is -2.22. The molecule has 2 fully saturated rings. The highest BCUT2D eigenvalue weighted by Crippen LogP contribution is 2.33. The molecule has 0 unspecified atom stereocenters. The summed E-state index contributed by atoms with van der Waals surface area (Å²) in [5, 5.41) is 0. The van der Waals surface area contributed by atoms with Crippen molar-refractivity contribution in [2.75, 3.05) is 51.7 Å². The van der Waals surface area contributed by atoms with Crippen LogP contribution in [0.3, 0.4) is 0 Å². The molecule has 0 aromatic carbocycles. The van der Waals surface area contributed by atoms with E-state index in [4.69, 9.17) is 9.97 Å². The normalized spacial score (nSPS) is 22.6. The summed E-state index contributed by atoms with van der Waals surface area (Å²) in [5.74, 6) is 2.69. The second-order valence-electron chi connectivity index (χ2n) is 9.97. The third-order valence-electron chi connectivity index (χ3n) is 7.28. The van der Waals surface area contributed by atoms with E-state index in [1.54, 1.807) is 6.92 Å². The Balaban J connectivity index is 1.57. The van der Waals surface area contributed by atoms with Crippen molar-refractivity contribution < 1.29 is 9.59 Å². The monoisotopic (exact) mass is 442 g/mol. The van der Waals surface area contributed by atoms with Gasteiger partial charge in [0.2, 0.25) is 11.8 Å². The predicted octanol–water partition coefficient (Wildman–Crippen LogP) is 2.23. The lowest BCUT2D eigenvalue weighted by Crippen LogP contribution is -2.46. The van der Waals surface area contributed by atoms with Crippen molar-refractivity contribution in [1.29, 1.82) is 0 Å². The molecule has 0 saturated carbocycles. The van der Waals surface area contributed by atoms with Crippen LogP contribution in [0.2, 0.25) is 0 Å². The molecule has 176 valence electrons. The van der Waals surface area contributed by atoms with Crippen LogP contribution in [0.5, 0.6) is 0 Å². The molecule has 32 heavy (non-hydrogen) atoms. The zero-order chi connectivity index (χ0) is 22.8. The first-order valence-corrected chi connectivity index (χ1v) is 12.2. The van der Waals surface area contributed by atoms with E-state index in [-0.39, 0.29) is 17.9 Å². The van der Waals surface area contributed by atoms with Gasteiger partial charge in [-0.05, 0) is 51.1 Å². The van der Waals surface area contributed by atoms with Crippen LogP contribution in [0, 0.1) is 5.92 Å². The highest BCUT2D eigenvalue weighted by molar-refractivity contribution is 5.79. The standard InChI is InChI=1S/C24H38N6O2/c1-17-8-12-28(13-9-17)16-22(32)30-11-6-5-7-21(30)23-25-20-10-14-29(18(2)31)15-19(20)24(26-23)27(3)4/h17,21H,5-16H2,1-4H3/t21-/m0/s1. The van der Waals surface area contributed by atoms with Crippen LogP contribution in [0.25, 0.3) is 0 Å². The van der Waals surface area contributed by atoms with Crippen molar-refractivity contribution in [3.8, 4) is 0 Å². The maximum atomic E-state index is 13.3. The number of nitrogens with zero attached hydrogens (tertiary/aromatic N) is 6. The summed E-state index contributed by atoms with van der Waals surface area (Å²) in [6.45, 7) is 8.46. The highest BCUT2D eigenvalue weighted by Gasteiger charge is 2.33. The van der Waals surface area contributed by atoms with Crippen molar-refractivity contribution in [1.82, 2.24) is 24.7 Å². The molecule has 1 atom stereocenters. The molecule has 0 radical (unpaired) electrons. The van der Waals surface area contributed by atoms with Gasteiger partial charge in [0.1, 0.15) is 5.82 Å². The van der Waals surface area contributed by atoms with Gasteiger partial charge in [0.25, 0.3) is 0 Å². The van der Waals surface area contributed by atoms with Crippen LogP contribution in [-0.2, 0) is 22.6 Å². The number of rotatable bonds is 4. The zero-order valence-corrected chi connectivity index (χ0v) is 20.1. The van der Waals surface area contributed by atoms with E-state index in [1.165, 1.54) is 12.8 Å². The molecule has 2 amide bonds.